The normalized spacial score (nSPS) is 12.6. The lowest BCUT2D eigenvalue weighted by Gasteiger charge is -2.12. The quantitative estimate of drug-likeness (QED) is 0.225. The predicted octanol–water partition coefficient (Wildman–Crippen LogP) is 8.33. The highest BCUT2D eigenvalue weighted by molar-refractivity contribution is 5.89. The highest BCUT2D eigenvalue weighted by Crippen LogP contribution is 2.31. The van der Waals surface area contributed by atoms with Crippen LogP contribution in [0, 0.1) is 0 Å². The van der Waals surface area contributed by atoms with Crippen molar-refractivity contribution < 1.29 is 0 Å². The molecule has 2 aliphatic heterocycles. The largest absolute Gasteiger partial charge is 0.340 e. The van der Waals surface area contributed by atoms with Crippen molar-refractivity contribution in [3.05, 3.63) is 70.3 Å². The topological polar surface area (TPSA) is 35.6 Å². The molecule has 0 amide bonds. The van der Waals surface area contributed by atoms with E-state index in [1.807, 2.05) is 0 Å². The van der Waals surface area contributed by atoms with Crippen LogP contribution in [-0.2, 0) is 25.9 Å². The molecule has 186 valence electrons. The highest BCUT2D eigenvalue weighted by atomic mass is 15.0. The lowest BCUT2D eigenvalue weighted by molar-refractivity contribution is 0.706. The SMILES string of the molecule is CCCc1cc2ccc3nc(c4nc(ccc5cc(CCC)c(c1n2CCC)n5CCC)C=C4)C=C3. The van der Waals surface area contributed by atoms with Crippen molar-refractivity contribution in [3.8, 4) is 0 Å². The molecule has 0 spiro atoms. The second-order valence-electron chi connectivity index (χ2n) is 9.87. The van der Waals surface area contributed by atoms with E-state index in [1.165, 1.54) is 33.2 Å². The van der Waals surface area contributed by atoms with Gasteiger partial charge in [-0.1, -0.05) is 40.5 Å². The summed E-state index contributed by atoms with van der Waals surface area (Å²) in [7, 11) is 0. The Kier molecular flexibility index (Phi) is 7.22. The van der Waals surface area contributed by atoms with E-state index in [4.69, 9.17) is 9.97 Å². The zero-order valence-electron chi connectivity index (χ0n) is 22.2. The van der Waals surface area contributed by atoms with Gasteiger partial charge in [0, 0.05) is 24.1 Å². The number of rotatable bonds is 8. The zero-order chi connectivity index (χ0) is 25.1. The van der Waals surface area contributed by atoms with Gasteiger partial charge in [0.1, 0.15) is 0 Å². The minimum absolute atomic E-state index is 0.930. The van der Waals surface area contributed by atoms with E-state index in [1.54, 1.807) is 0 Å². The summed E-state index contributed by atoms with van der Waals surface area (Å²) in [4.78, 5) is 9.70. The molecule has 4 nitrogen and oxygen atoms in total. The van der Waals surface area contributed by atoms with Crippen molar-refractivity contribution in [2.75, 3.05) is 0 Å². The number of fused-ring (bicyclic) bond motifs is 10. The summed E-state index contributed by atoms with van der Waals surface area (Å²) in [6.07, 6.45) is 15.0. The molecule has 0 aliphatic carbocycles. The molecule has 3 aromatic rings. The fraction of sp³-hybridized carbons (Fsp3) is 0.375. The molecule has 5 heterocycles. The molecule has 8 bridgehead atoms. The average molecular weight is 479 g/mol. The van der Waals surface area contributed by atoms with Crippen LogP contribution < -0.4 is 0 Å². The van der Waals surface area contributed by atoms with Gasteiger partial charge in [0.25, 0.3) is 0 Å². The Bertz CT molecular complexity index is 1370. The third kappa shape index (κ3) is 4.57. The number of aromatic nitrogens is 4. The smallest absolute Gasteiger partial charge is 0.0894 e. The van der Waals surface area contributed by atoms with Gasteiger partial charge in [-0.25, -0.2) is 9.97 Å². The summed E-state index contributed by atoms with van der Waals surface area (Å²) in [6, 6.07) is 13.7. The van der Waals surface area contributed by atoms with Gasteiger partial charge in [0.15, 0.2) is 0 Å². The second kappa shape index (κ2) is 10.7. The third-order valence-corrected chi connectivity index (χ3v) is 7.01. The van der Waals surface area contributed by atoms with Crippen molar-refractivity contribution in [1.82, 2.24) is 19.1 Å². The monoisotopic (exact) mass is 478 g/mol. The maximum Gasteiger partial charge on any atom is 0.0894 e. The standard InChI is InChI=1S/C32H38N4/c1-5-9-23-21-27-15-11-25-13-17-29(33-25)30-18-14-26(34-30)12-16-28-22-24(10-6-2)32(36(28)20-8-4)31(23)35(27)19-7-3/h11-18,21-22H,5-10,19-20H2,1-4H3. The minimum atomic E-state index is 0.930. The van der Waals surface area contributed by atoms with E-state index in [-0.39, 0.29) is 0 Å². The van der Waals surface area contributed by atoms with E-state index in [0.29, 0.717) is 0 Å². The summed E-state index contributed by atoms with van der Waals surface area (Å²) < 4.78 is 5.13. The van der Waals surface area contributed by atoms with Gasteiger partial charge in [0.05, 0.1) is 33.8 Å². The zero-order valence-corrected chi connectivity index (χ0v) is 22.2. The summed E-state index contributed by atoms with van der Waals surface area (Å²) in [6.45, 7) is 11.1. The van der Waals surface area contributed by atoms with Crippen molar-refractivity contribution >= 4 is 46.4 Å². The van der Waals surface area contributed by atoms with Crippen LogP contribution in [0.1, 0.15) is 87.3 Å². The Hall–Kier alpha value is -3.40. The van der Waals surface area contributed by atoms with E-state index >= 15 is 0 Å². The van der Waals surface area contributed by atoms with E-state index in [2.05, 4.69) is 97.5 Å². The Morgan fingerprint density at radius 1 is 0.556 bits per heavy atom. The third-order valence-electron chi connectivity index (χ3n) is 7.01. The van der Waals surface area contributed by atoms with E-state index in [0.717, 1.165) is 74.4 Å². The lowest BCUT2D eigenvalue weighted by Crippen LogP contribution is -2.02. The lowest BCUT2D eigenvalue weighted by atomic mass is 10.1. The van der Waals surface area contributed by atoms with Gasteiger partial charge in [0.2, 0.25) is 0 Å². The van der Waals surface area contributed by atoms with E-state index in [9.17, 15) is 0 Å². The van der Waals surface area contributed by atoms with Crippen LogP contribution in [0.4, 0.5) is 0 Å². The molecule has 0 fully saturated rings. The Balaban J connectivity index is 1.98. The molecule has 0 saturated carbocycles. The van der Waals surface area contributed by atoms with Gasteiger partial charge in [-0.05, 0) is 97.5 Å². The molecule has 36 heavy (non-hydrogen) atoms. The van der Waals surface area contributed by atoms with Crippen LogP contribution >= 0.6 is 0 Å². The number of hydrogen-bond acceptors (Lipinski definition) is 2. The minimum Gasteiger partial charge on any atom is -0.340 e. The highest BCUT2D eigenvalue weighted by Gasteiger charge is 2.16. The van der Waals surface area contributed by atoms with Gasteiger partial charge in [-0.3, -0.25) is 0 Å². The van der Waals surface area contributed by atoms with Gasteiger partial charge in [-0.15, -0.1) is 0 Å². The van der Waals surface area contributed by atoms with E-state index < -0.39 is 0 Å². The second-order valence-corrected chi connectivity index (χ2v) is 9.87. The molecule has 3 aromatic heterocycles. The van der Waals surface area contributed by atoms with Crippen molar-refractivity contribution in [2.24, 2.45) is 0 Å². The van der Waals surface area contributed by atoms with Gasteiger partial charge in [-0.2, -0.15) is 0 Å². The molecule has 5 rings (SSSR count). The van der Waals surface area contributed by atoms with Crippen LogP contribution in [0.15, 0.2) is 36.4 Å². The van der Waals surface area contributed by atoms with Crippen molar-refractivity contribution in [1.29, 1.82) is 0 Å². The first kappa shape index (κ1) is 24.3. The first-order valence-electron chi connectivity index (χ1n) is 13.8. The Labute approximate surface area is 215 Å². The molecule has 0 N–H and O–H groups in total. The Morgan fingerprint density at radius 3 is 1.39 bits per heavy atom. The molecule has 0 saturated heterocycles. The molecular formula is C32H38N4. The average Bonchev–Trinajstić information content (AvgIpc) is 3.64. The molecule has 0 atom stereocenters. The molecule has 0 unspecified atom stereocenters. The van der Waals surface area contributed by atoms with Crippen LogP contribution in [0.3, 0.4) is 0 Å². The fourth-order valence-electron chi connectivity index (χ4n) is 5.51. The van der Waals surface area contributed by atoms with Crippen LogP contribution in [0.25, 0.3) is 46.4 Å². The molecule has 2 aliphatic rings. The summed E-state index contributed by atoms with van der Waals surface area (Å²) >= 11 is 0. The number of hydrogen-bond donors (Lipinski definition) is 0. The fourth-order valence-corrected chi connectivity index (χ4v) is 5.51. The number of nitrogens with zero attached hydrogens (tertiary/aromatic N) is 4. The molecule has 0 radical (unpaired) electrons. The summed E-state index contributed by atoms with van der Waals surface area (Å²) in [5.41, 5.74) is 12.1. The van der Waals surface area contributed by atoms with Crippen molar-refractivity contribution in [2.45, 2.75) is 79.3 Å². The summed E-state index contributed by atoms with van der Waals surface area (Å²) in [5.74, 6) is 0. The van der Waals surface area contributed by atoms with Crippen molar-refractivity contribution in [3.63, 3.8) is 0 Å². The van der Waals surface area contributed by atoms with Crippen LogP contribution in [-0.4, -0.2) is 19.1 Å². The predicted molar refractivity (Wildman–Crippen MR) is 155 cm³/mol. The van der Waals surface area contributed by atoms with Gasteiger partial charge < -0.3 is 9.13 Å². The Morgan fingerprint density at radius 2 is 1.00 bits per heavy atom. The van der Waals surface area contributed by atoms with Crippen LogP contribution in [0.2, 0.25) is 0 Å². The molecule has 0 aromatic carbocycles. The first-order valence-corrected chi connectivity index (χ1v) is 13.8. The van der Waals surface area contributed by atoms with Crippen LogP contribution in [0.5, 0.6) is 0 Å². The van der Waals surface area contributed by atoms with Gasteiger partial charge >= 0.3 is 0 Å². The maximum atomic E-state index is 4.85. The molecule has 4 heteroatoms. The molecular weight excluding hydrogens is 440 g/mol. The number of aryl methyl sites for hydroxylation is 4. The summed E-state index contributed by atoms with van der Waals surface area (Å²) in [5, 5.41) is 0. The maximum absolute atomic E-state index is 4.85. The first-order chi connectivity index (χ1) is 17.7.